The first-order valence-corrected chi connectivity index (χ1v) is 9.54. The molecule has 0 spiro atoms. The molecule has 166 valence electrons. The van der Waals surface area contributed by atoms with E-state index >= 15 is 0 Å². The third-order valence-corrected chi connectivity index (χ3v) is 4.63. The Kier molecular flexibility index (Phi) is 13.9. The minimum Gasteiger partial charge on any atom is -0.493 e. The highest BCUT2D eigenvalue weighted by Gasteiger charge is 2.43. The van der Waals surface area contributed by atoms with E-state index in [1.807, 2.05) is 0 Å². The van der Waals surface area contributed by atoms with Gasteiger partial charge in [-0.2, -0.15) is 0 Å². The van der Waals surface area contributed by atoms with Gasteiger partial charge >= 0.3 is 5.97 Å². The van der Waals surface area contributed by atoms with Crippen LogP contribution in [0.5, 0.6) is 5.75 Å². The summed E-state index contributed by atoms with van der Waals surface area (Å²) in [5, 5.41) is 20.2. The van der Waals surface area contributed by atoms with Gasteiger partial charge in [-0.1, -0.05) is 12.2 Å². The summed E-state index contributed by atoms with van der Waals surface area (Å²) < 4.78 is 11.2. The van der Waals surface area contributed by atoms with Crippen molar-refractivity contribution in [1.29, 1.82) is 0 Å². The van der Waals surface area contributed by atoms with Crippen LogP contribution in [0.3, 0.4) is 0 Å². The summed E-state index contributed by atoms with van der Waals surface area (Å²) in [6.45, 7) is 1.03. The Hall–Kier alpha value is -1.38. The number of carboxylic acid groups (broad SMARTS) is 1. The molecule has 1 aromatic heterocycles. The van der Waals surface area contributed by atoms with Gasteiger partial charge in [0.1, 0.15) is 5.75 Å². The van der Waals surface area contributed by atoms with Gasteiger partial charge in [-0.05, 0) is 44.6 Å². The second-order valence-electron chi connectivity index (χ2n) is 6.88. The lowest BCUT2D eigenvalue weighted by molar-refractivity contribution is -0.162. The summed E-state index contributed by atoms with van der Waals surface area (Å²) in [6.07, 6.45) is 11.6. The van der Waals surface area contributed by atoms with Crippen molar-refractivity contribution >= 4 is 30.8 Å². The maximum atomic E-state index is 11.7. The number of hydrogen-bond donors (Lipinski definition) is 3. The van der Waals surface area contributed by atoms with Gasteiger partial charge in [0.15, 0.2) is 5.60 Å². The first-order chi connectivity index (χ1) is 13.0. The number of fused-ring (bicyclic) bond motifs is 2. The highest BCUT2D eigenvalue weighted by Crippen LogP contribution is 2.20. The summed E-state index contributed by atoms with van der Waals surface area (Å²) in [4.78, 5) is 15.8. The Bertz CT molecular complexity index is 633. The van der Waals surface area contributed by atoms with Crippen LogP contribution in [0.2, 0.25) is 0 Å². The van der Waals surface area contributed by atoms with E-state index in [1.54, 1.807) is 18.3 Å². The van der Waals surface area contributed by atoms with E-state index in [1.165, 1.54) is 0 Å². The molecule has 1 aliphatic heterocycles. The van der Waals surface area contributed by atoms with Gasteiger partial charge in [-0.15, -0.1) is 24.8 Å². The Morgan fingerprint density at radius 1 is 1.14 bits per heavy atom. The van der Waals surface area contributed by atoms with Gasteiger partial charge in [0.25, 0.3) is 0 Å². The lowest BCUT2D eigenvalue weighted by atomic mass is 9.89. The molecule has 0 aliphatic carbocycles. The Morgan fingerprint density at radius 3 is 2.45 bits per heavy atom. The number of pyridine rings is 1. The SMILES string of the molecule is Cl.Cl.N[C@H]1COCCCCC=CCCCCOc2ccnc(c2)C[C@]1(O)C(=O)O. The smallest absolute Gasteiger partial charge is 0.337 e. The van der Waals surface area contributed by atoms with Crippen molar-refractivity contribution in [2.75, 3.05) is 19.8 Å². The number of aliphatic hydroxyl groups is 1. The van der Waals surface area contributed by atoms with Crippen LogP contribution in [-0.2, 0) is 16.0 Å². The predicted molar refractivity (Wildman–Crippen MR) is 116 cm³/mol. The first-order valence-electron chi connectivity index (χ1n) is 9.54. The number of nitrogens with two attached hydrogens (primary N) is 1. The molecule has 2 bridgehead atoms. The van der Waals surface area contributed by atoms with Crippen molar-refractivity contribution < 1.29 is 24.5 Å². The zero-order valence-electron chi connectivity index (χ0n) is 16.5. The normalized spacial score (nSPS) is 24.4. The number of nitrogens with zero attached hydrogens (tertiary/aromatic N) is 1. The number of allylic oxidation sites excluding steroid dienone is 2. The van der Waals surface area contributed by atoms with E-state index in [-0.39, 0.29) is 37.8 Å². The molecule has 2 atom stereocenters. The Labute approximate surface area is 184 Å². The summed E-state index contributed by atoms with van der Waals surface area (Å²) in [6, 6.07) is 2.30. The van der Waals surface area contributed by atoms with Crippen molar-refractivity contribution in [1.82, 2.24) is 4.98 Å². The molecule has 0 fully saturated rings. The highest BCUT2D eigenvalue weighted by atomic mass is 35.5. The first kappa shape index (κ1) is 27.6. The number of rotatable bonds is 1. The Morgan fingerprint density at radius 2 is 1.79 bits per heavy atom. The molecule has 0 unspecified atom stereocenters. The summed E-state index contributed by atoms with van der Waals surface area (Å²) in [5.41, 5.74) is 4.22. The molecule has 0 saturated heterocycles. The molecule has 0 radical (unpaired) electrons. The highest BCUT2D eigenvalue weighted by molar-refractivity contribution is 5.85. The zero-order chi connectivity index (χ0) is 19.5. The van der Waals surface area contributed by atoms with Crippen LogP contribution in [0.15, 0.2) is 30.5 Å². The van der Waals surface area contributed by atoms with Crippen LogP contribution in [0.25, 0.3) is 0 Å². The number of aromatic nitrogens is 1. The maximum Gasteiger partial charge on any atom is 0.337 e. The van der Waals surface area contributed by atoms with Gasteiger partial charge in [0.2, 0.25) is 0 Å². The number of aliphatic carboxylic acids is 1. The average molecular weight is 451 g/mol. The molecule has 2 rings (SSSR count). The quantitative estimate of drug-likeness (QED) is 0.563. The average Bonchev–Trinajstić information content (AvgIpc) is 2.64. The lowest BCUT2D eigenvalue weighted by Crippen LogP contribution is -2.57. The third kappa shape index (κ3) is 9.31. The van der Waals surface area contributed by atoms with E-state index < -0.39 is 17.6 Å². The molecular formula is C20H32Cl2N2O5. The van der Waals surface area contributed by atoms with E-state index in [0.717, 1.165) is 38.5 Å². The molecule has 1 aliphatic rings. The molecule has 0 aromatic carbocycles. The number of carboxylic acids is 1. The van der Waals surface area contributed by atoms with Crippen LogP contribution in [-0.4, -0.2) is 52.6 Å². The van der Waals surface area contributed by atoms with Crippen molar-refractivity contribution in [3.63, 3.8) is 0 Å². The van der Waals surface area contributed by atoms with Gasteiger partial charge in [-0.25, -0.2) is 4.79 Å². The van der Waals surface area contributed by atoms with E-state index in [0.29, 0.717) is 24.7 Å². The molecule has 4 N–H and O–H groups in total. The van der Waals surface area contributed by atoms with Crippen LogP contribution in [0, 0.1) is 0 Å². The largest absolute Gasteiger partial charge is 0.493 e. The second-order valence-corrected chi connectivity index (χ2v) is 6.88. The van der Waals surface area contributed by atoms with Crippen LogP contribution < -0.4 is 10.5 Å². The fraction of sp³-hybridized carbons (Fsp3) is 0.600. The van der Waals surface area contributed by atoms with Crippen LogP contribution >= 0.6 is 24.8 Å². The van der Waals surface area contributed by atoms with Gasteiger partial charge in [0.05, 0.1) is 19.3 Å². The number of carbonyl (C=O) groups is 1. The van der Waals surface area contributed by atoms with Gasteiger partial charge in [0, 0.05) is 31.0 Å². The Balaban J connectivity index is 0.00000392. The van der Waals surface area contributed by atoms with Crippen LogP contribution in [0.4, 0.5) is 0 Å². The molecule has 9 heteroatoms. The fourth-order valence-corrected chi connectivity index (χ4v) is 2.89. The molecule has 7 nitrogen and oxygen atoms in total. The van der Waals surface area contributed by atoms with E-state index in [2.05, 4.69) is 17.1 Å². The van der Waals surface area contributed by atoms with Crippen LogP contribution in [0.1, 0.15) is 44.2 Å². The third-order valence-electron chi connectivity index (χ3n) is 4.63. The molecule has 0 saturated carbocycles. The number of ether oxygens (including phenoxy) is 2. The lowest BCUT2D eigenvalue weighted by Gasteiger charge is -2.29. The summed E-state index contributed by atoms with van der Waals surface area (Å²) in [7, 11) is 0. The molecular weight excluding hydrogens is 419 g/mol. The van der Waals surface area contributed by atoms with E-state index in [4.69, 9.17) is 15.2 Å². The number of halogens is 2. The van der Waals surface area contributed by atoms with E-state index in [9.17, 15) is 15.0 Å². The van der Waals surface area contributed by atoms with Crippen molar-refractivity contribution in [3.05, 3.63) is 36.2 Å². The monoisotopic (exact) mass is 450 g/mol. The summed E-state index contributed by atoms with van der Waals surface area (Å²) >= 11 is 0. The predicted octanol–water partition coefficient (Wildman–Crippen LogP) is 2.92. The molecule has 29 heavy (non-hydrogen) atoms. The van der Waals surface area contributed by atoms with Gasteiger partial charge in [-0.3, -0.25) is 4.98 Å². The molecule has 0 amide bonds. The zero-order valence-corrected chi connectivity index (χ0v) is 18.1. The van der Waals surface area contributed by atoms with Crippen molar-refractivity contribution in [2.24, 2.45) is 5.73 Å². The minimum absolute atomic E-state index is 0. The second kappa shape index (κ2) is 14.6. The topological polar surface area (TPSA) is 115 Å². The number of hydrogen-bond acceptors (Lipinski definition) is 6. The summed E-state index contributed by atoms with van der Waals surface area (Å²) in [5.74, 6) is -0.784. The van der Waals surface area contributed by atoms with Gasteiger partial charge < -0.3 is 25.4 Å². The maximum absolute atomic E-state index is 11.7. The standard InChI is InChI=1S/C20H30N2O5.2ClH/c21-18-15-26-11-7-5-3-1-2-4-6-8-12-27-17-9-10-22-16(13-17)14-20(18,25)19(23)24;;/h1-2,9-10,13,18,25H,3-8,11-12,14-15,21H2,(H,23,24);2*1H/t18-,20+;;/m0../s1. The van der Waals surface area contributed by atoms with Crippen molar-refractivity contribution in [2.45, 2.75) is 56.6 Å². The fourth-order valence-electron chi connectivity index (χ4n) is 2.89. The molecule has 2 heterocycles. The molecule has 1 aromatic rings. The minimum atomic E-state index is -2.16. The van der Waals surface area contributed by atoms with Crippen molar-refractivity contribution in [3.8, 4) is 5.75 Å².